The van der Waals surface area contributed by atoms with Crippen LogP contribution in [0.25, 0.3) is 0 Å². The molecule has 1 aliphatic carbocycles. The Morgan fingerprint density at radius 2 is 2.00 bits per heavy atom. The van der Waals surface area contributed by atoms with Gasteiger partial charge in [0.15, 0.2) is 0 Å². The second kappa shape index (κ2) is 7.64. The van der Waals surface area contributed by atoms with Crippen LogP contribution >= 0.6 is 0 Å². The maximum absolute atomic E-state index is 6.55. The van der Waals surface area contributed by atoms with Crippen LogP contribution in [0.5, 0.6) is 0 Å². The van der Waals surface area contributed by atoms with E-state index < -0.39 is 0 Å². The lowest BCUT2D eigenvalue weighted by Gasteiger charge is -2.44. The van der Waals surface area contributed by atoms with E-state index in [4.69, 9.17) is 5.73 Å². The first kappa shape index (κ1) is 17.0. The Morgan fingerprint density at radius 3 is 2.58 bits per heavy atom. The molecule has 0 aliphatic heterocycles. The number of hydrogen-bond donors (Lipinski definition) is 1. The molecule has 1 aliphatic rings. The molecule has 0 aromatic heterocycles. The molecule has 0 amide bonds. The normalized spacial score (nSPS) is 28.6. The molecule has 114 valence electrons. The van der Waals surface area contributed by atoms with Gasteiger partial charge in [-0.15, -0.1) is 0 Å². The smallest absolute Gasteiger partial charge is 0.0131 e. The van der Waals surface area contributed by atoms with Crippen molar-refractivity contribution in [1.82, 2.24) is 4.90 Å². The fourth-order valence-corrected chi connectivity index (χ4v) is 3.42. The largest absolute Gasteiger partial charge is 0.327 e. The predicted molar refractivity (Wildman–Crippen MR) is 85.3 cm³/mol. The standard InChI is InChI=1S/C17H36N2/c1-6-8-12-19(14(3)7-2)13-15-10-9-11-17(4,5)16(15)18/h14-16H,6-13,18H2,1-5H3. The molecule has 2 nitrogen and oxygen atoms in total. The maximum atomic E-state index is 6.55. The summed E-state index contributed by atoms with van der Waals surface area (Å²) in [5.41, 5.74) is 6.88. The van der Waals surface area contributed by atoms with Gasteiger partial charge in [-0.05, 0) is 50.5 Å². The highest BCUT2D eigenvalue weighted by Crippen LogP contribution is 2.38. The summed E-state index contributed by atoms with van der Waals surface area (Å²) < 4.78 is 0. The zero-order valence-electron chi connectivity index (χ0n) is 13.9. The molecule has 0 heterocycles. The molecule has 3 atom stereocenters. The Morgan fingerprint density at radius 1 is 1.32 bits per heavy atom. The molecular formula is C17H36N2. The molecule has 0 aromatic carbocycles. The Kier molecular flexibility index (Phi) is 6.82. The van der Waals surface area contributed by atoms with Gasteiger partial charge in [-0.2, -0.15) is 0 Å². The van der Waals surface area contributed by atoms with Gasteiger partial charge in [-0.1, -0.05) is 40.5 Å². The summed E-state index contributed by atoms with van der Waals surface area (Å²) in [5.74, 6) is 0.689. The summed E-state index contributed by atoms with van der Waals surface area (Å²) in [7, 11) is 0. The summed E-state index contributed by atoms with van der Waals surface area (Å²) in [5, 5.41) is 0. The average molecular weight is 268 g/mol. The summed E-state index contributed by atoms with van der Waals surface area (Å²) >= 11 is 0. The molecule has 3 unspecified atom stereocenters. The molecule has 0 aromatic rings. The van der Waals surface area contributed by atoms with E-state index in [0.29, 0.717) is 23.4 Å². The van der Waals surface area contributed by atoms with E-state index in [2.05, 4.69) is 39.5 Å². The van der Waals surface area contributed by atoms with E-state index in [9.17, 15) is 0 Å². The Hall–Kier alpha value is -0.0800. The van der Waals surface area contributed by atoms with Gasteiger partial charge in [0.25, 0.3) is 0 Å². The Bertz CT molecular complexity index is 250. The van der Waals surface area contributed by atoms with Crippen molar-refractivity contribution >= 4 is 0 Å². The van der Waals surface area contributed by atoms with Gasteiger partial charge in [0.1, 0.15) is 0 Å². The van der Waals surface area contributed by atoms with Crippen LogP contribution in [0.3, 0.4) is 0 Å². The molecule has 1 saturated carbocycles. The molecule has 0 spiro atoms. The van der Waals surface area contributed by atoms with Gasteiger partial charge in [-0.3, -0.25) is 0 Å². The van der Waals surface area contributed by atoms with Crippen LogP contribution < -0.4 is 5.73 Å². The average Bonchev–Trinajstić information content (AvgIpc) is 2.38. The lowest BCUT2D eigenvalue weighted by Crippen LogP contribution is -2.51. The third kappa shape index (κ3) is 4.75. The van der Waals surface area contributed by atoms with E-state index in [1.54, 1.807) is 0 Å². The zero-order valence-corrected chi connectivity index (χ0v) is 13.9. The minimum atomic E-state index is 0.328. The molecule has 19 heavy (non-hydrogen) atoms. The van der Waals surface area contributed by atoms with Crippen LogP contribution in [0.1, 0.15) is 73.1 Å². The van der Waals surface area contributed by atoms with Gasteiger partial charge in [0, 0.05) is 18.6 Å². The second-order valence-corrected chi connectivity index (χ2v) is 7.27. The number of hydrogen-bond acceptors (Lipinski definition) is 2. The maximum Gasteiger partial charge on any atom is 0.0131 e. The summed E-state index contributed by atoms with van der Waals surface area (Å²) in [6.45, 7) is 14.1. The van der Waals surface area contributed by atoms with E-state index in [0.717, 1.165) is 0 Å². The lowest BCUT2D eigenvalue weighted by atomic mass is 9.68. The minimum absolute atomic E-state index is 0.328. The SMILES string of the molecule is CCCCN(CC1CCCC(C)(C)C1N)C(C)CC. The van der Waals surface area contributed by atoms with Gasteiger partial charge in [0.05, 0.1) is 0 Å². The van der Waals surface area contributed by atoms with E-state index in [1.807, 2.05) is 0 Å². The molecule has 0 radical (unpaired) electrons. The molecule has 0 bridgehead atoms. The first-order chi connectivity index (χ1) is 8.92. The fourth-order valence-electron chi connectivity index (χ4n) is 3.42. The molecular weight excluding hydrogens is 232 g/mol. The number of nitrogens with two attached hydrogens (primary N) is 1. The van der Waals surface area contributed by atoms with Crippen molar-refractivity contribution in [2.24, 2.45) is 17.1 Å². The topological polar surface area (TPSA) is 29.3 Å². The fraction of sp³-hybridized carbons (Fsp3) is 1.00. The van der Waals surface area contributed by atoms with Crippen LogP contribution in [-0.2, 0) is 0 Å². The summed E-state index contributed by atoms with van der Waals surface area (Å²) in [6, 6.07) is 1.07. The van der Waals surface area contributed by atoms with E-state index in [-0.39, 0.29) is 0 Å². The Labute approximate surface area is 121 Å². The van der Waals surface area contributed by atoms with Gasteiger partial charge < -0.3 is 10.6 Å². The minimum Gasteiger partial charge on any atom is -0.327 e. The summed E-state index contributed by atoms with van der Waals surface area (Å²) in [6.07, 6.45) is 7.82. The van der Waals surface area contributed by atoms with Crippen molar-refractivity contribution in [1.29, 1.82) is 0 Å². The van der Waals surface area contributed by atoms with Crippen molar-refractivity contribution in [2.45, 2.75) is 85.2 Å². The van der Waals surface area contributed by atoms with Gasteiger partial charge in [-0.25, -0.2) is 0 Å². The zero-order chi connectivity index (χ0) is 14.5. The van der Waals surface area contributed by atoms with Crippen LogP contribution in [0, 0.1) is 11.3 Å². The monoisotopic (exact) mass is 268 g/mol. The summed E-state index contributed by atoms with van der Waals surface area (Å²) in [4.78, 5) is 2.69. The van der Waals surface area contributed by atoms with Crippen molar-refractivity contribution in [2.75, 3.05) is 13.1 Å². The van der Waals surface area contributed by atoms with E-state index >= 15 is 0 Å². The predicted octanol–water partition coefficient (Wildman–Crippen LogP) is 4.04. The second-order valence-electron chi connectivity index (χ2n) is 7.27. The highest BCUT2D eigenvalue weighted by molar-refractivity contribution is 4.92. The van der Waals surface area contributed by atoms with Gasteiger partial charge in [0.2, 0.25) is 0 Å². The number of rotatable bonds is 7. The molecule has 1 rings (SSSR count). The van der Waals surface area contributed by atoms with Crippen molar-refractivity contribution in [3.8, 4) is 0 Å². The van der Waals surface area contributed by atoms with Crippen molar-refractivity contribution < 1.29 is 0 Å². The Balaban J connectivity index is 2.61. The molecule has 0 saturated heterocycles. The van der Waals surface area contributed by atoms with Crippen molar-refractivity contribution in [3.63, 3.8) is 0 Å². The lowest BCUT2D eigenvalue weighted by molar-refractivity contribution is 0.0849. The molecule has 2 heteroatoms. The first-order valence-corrected chi connectivity index (χ1v) is 8.42. The van der Waals surface area contributed by atoms with Crippen LogP contribution in [0.15, 0.2) is 0 Å². The van der Waals surface area contributed by atoms with Crippen LogP contribution in [0.4, 0.5) is 0 Å². The van der Waals surface area contributed by atoms with Crippen LogP contribution in [-0.4, -0.2) is 30.1 Å². The quantitative estimate of drug-likeness (QED) is 0.755. The number of unbranched alkanes of at least 4 members (excludes halogenated alkanes) is 1. The van der Waals surface area contributed by atoms with E-state index in [1.165, 1.54) is 51.6 Å². The highest BCUT2D eigenvalue weighted by Gasteiger charge is 2.37. The van der Waals surface area contributed by atoms with Crippen molar-refractivity contribution in [3.05, 3.63) is 0 Å². The highest BCUT2D eigenvalue weighted by atomic mass is 15.2. The molecule has 1 fully saturated rings. The van der Waals surface area contributed by atoms with Gasteiger partial charge >= 0.3 is 0 Å². The molecule has 2 N–H and O–H groups in total. The third-order valence-corrected chi connectivity index (χ3v) is 5.29. The number of nitrogens with zero attached hydrogens (tertiary/aromatic N) is 1. The third-order valence-electron chi connectivity index (χ3n) is 5.29. The first-order valence-electron chi connectivity index (χ1n) is 8.42. The van der Waals surface area contributed by atoms with Crippen LogP contribution in [0.2, 0.25) is 0 Å².